The van der Waals surface area contributed by atoms with E-state index in [0.29, 0.717) is 29.0 Å². The van der Waals surface area contributed by atoms with Crippen molar-refractivity contribution < 1.29 is 14.3 Å². The van der Waals surface area contributed by atoms with Crippen LogP contribution in [0.25, 0.3) is 11.0 Å². The molecule has 2 saturated heterocycles. The third-order valence-electron chi connectivity index (χ3n) is 9.55. The number of fused-ring (bicyclic) bond motifs is 1. The Bertz CT molecular complexity index is 1640. The number of aryl methyl sites for hydroxylation is 1. The number of carbonyl (C=O) groups is 2. The molecule has 1 amide bonds. The van der Waals surface area contributed by atoms with Gasteiger partial charge in [0.1, 0.15) is 17.1 Å². The molecule has 0 unspecified atom stereocenters. The zero-order valence-corrected chi connectivity index (χ0v) is 27.7. The van der Waals surface area contributed by atoms with Crippen LogP contribution in [0, 0.1) is 6.92 Å². The van der Waals surface area contributed by atoms with Gasteiger partial charge in [0.15, 0.2) is 5.78 Å². The summed E-state index contributed by atoms with van der Waals surface area (Å²) in [5, 5.41) is 3.94. The Kier molecular flexibility index (Phi) is 9.00. The van der Waals surface area contributed by atoms with Crippen LogP contribution in [0.5, 0.6) is 0 Å². The number of hydrogen-bond acceptors (Lipinski definition) is 10. The number of ether oxygens (including phenoxy) is 1. The number of likely N-dealkylation sites (tertiary alicyclic amines) is 1. The summed E-state index contributed by atoms with van der Waals surface area (Å²) < 4.78 is 7.27. The number of rotatable bonds is 6. The van der Waals surface area contributed by atoms with E-state index >= 15 is 0 Å². The lowest BCUT2D eigenvalue weighted by molar-refractivity contribution is 0.0140. The van der Waals surface area contributed by atoms with Crippen molar-refractivity contribution in [2.24, 2.45) is 0 Å². The normalized spacial score (nSPS) is 18.7. The highest BCUT2D eigenvalue weighted by Crippen LogP contribution is 2.32. The first kappa shape index (κ1) is 31.9. The molecule has 3 aromatic rings. The summed E-state index contributed by atoms with van der Waals surface area (Å²) >= 11 is 0. The second kappa shape index (κ2) is 13.0. The highest BCUT2D eigenvalue weighted by Gasteiger charge is 2.31. The predicted octanol–water partition coefficient (Wildman–Crippen LogP) is 5.08. The van der Waals surface area contributed by atoms with Crippen LogP contribution in [0.4, 0.5) is 22.2 Å². The summed E-state index contributed by atoms with van der Waals surface area (Å²) in [6, 6.07) is 4.49. The summed E-state index contributed by atoms with van der Waals surface area (Å²) in [5.41, 5.74) is 1.74. The number of carbonyl (C=O) groups excluding carboxylic acids is 2. The molecule has 1 aliphatic carbocycles. The van der Waals surface area contributed by atoms with E-state index < -0.39 is 5.60 Å². The number of piperidine rings is 1. The van der Waals surface area contributed by atoms with Crippen molar-refractivity contribution in [2.75, 3.05) is 49.5 Å². The largest absolute Gasteiger partial charge is 0.444 e. The molecule has 0 spiro atoms. The standard InChI is InChI=1S/C34H46N8O4/c1-22-27-21-36-32(38-30(27)42(25-8-6-7-9-25)31(44)29(22)23(2)43)37-28-11-10-26(20-35-28)40-18-16-39(17-19-40)24-12-14-41(15-13-24)33(45)46-34(3,4)5/h10-11,20-21,24-25H,6-9,12-19H2,1-5H3,(H,35,36,37,38). The van der Waals surface area contributed by atoms with Crippen LogP contribution >= 0.6 is 0 Å². The predicted molar refractivity (Wildman–Crippen MR) is 178 cm³/mol. The number of nitrogens with one attached hydrogen (secondary N) is 1. The fourth-order valence-electron chi connectivity index (χ4n) is 7.16. The number of ketones is 1. The number of nitrogens with zero attached hydrogens (tertiary/aromatic N) is 7. The molecule has 246 valence electrons. The minimum absolute atomic E-state index is 0.0272. The van der Waals surface area contributed by atoms with Gasteiger partial charge in [-0.1, -0.05) is 12.8 Å². The SMILES string of the molecule is CC(=O)c1c(C)c2cnc(Nc3ccc(N4CCN(C5CCN(C(=O)OC(C)(C)C)CC5)CC4)cn3)nc2n(C2CCCC2)c1=O. The first-order valence-electron chi connectivity index (χ1n) is 16.6. The van der Waals surface area contributed by atoms with Crippen molar-refractivity contribution in [1.82, 2.24) is 29.3 Å². The lowest BCUT2D eigenvalue weighted by atomic mass is 10.0. The maximum absolute atomic E-state index is 13.5. The smallest absolute Gasteiger partial charge is 0.410 e. The van der Waals surface area contributed by atoms with E-state index in [4.69, 9.17) is 9.72 Å². The van der Waals surface area contributed by atoms with Gasteiger partial charge in [-0.25, -0.2) is 14.8 Å². The molecule has 3 aliphatic rings. The van der Waals surface area contributed by atoms with E-state index in [1.165, 1.54) is 6.92 Å². The monoisotopic (exact) mass is 630 g/mol. The first-order chi connectivity index (χ1) is 22.0. The molecule has 1 N–H and O–H groups in total. The van der Waals surface area contributed by atoms with Crippen LogP contribution in [-0.2, 0) is 4.74 Å². The van der Waals surface area contributed by atoms with E-state index in [-0.39, 0.29) is 29.0 Å². The van der Waals surface area contributed by atoms with Crippen LogP contribution in [0.2, 0.25) is 0 Å². The van der Waals surface area contributed by atoms with Crippen LogP contribution in [0.3, 0.4) is 0 Å². The molecule has 5 heterocycles. The molecule has 0 atom stereocenters. The number of hydrogen-bond donors (Lipinski definition) is 1. The topological polar surface area (TPSA) is 126 Å². The van der Waals surface area contributed by atoms with Crippen molar-refractivity contribution in [1.29, 1.82) is 0 Å². The third-order valence-corrected chi connectivity index (χ3v) is 9.55. The Morgan fingerprint density at radius 3 is 2.22 bits per heavy atom. The highest BCUT2D eigenvalue weighted by atomic mass is 16.6. The molecule has 1 saturated carbocycles. The Morgan fingerprint density at radius 1 is 0.913 bits per heavy atom. The molecule has 0 radical (unpaired) electrons. The van der Waals surface area contributed by atoms with Crippen LogP contribution in [-0.4, -0.2) is 92.1 Å². The van der Waals surface area contributed by atoms with E-state index in [2.05, 4.69) is 31.2 Å². The fourth-order valence-corrected chi connectivity index (χ4v) is 7.16. The van der Waals surface area contributed by atoms with Gasteiger partial charge >= 0.3 is 6.09 Å². The molecule has 0 bridgehead atoms. The van der Waals surface area contributed by atoms with Gasteiger partial charge in [0.25, 0.3) is 5.56 Å². The number of Topliss-reactive ketones (excluding diaryl/α,β-unsaturated/α-hetero) is 1. The molecule has 46 heavy (non-hydrogen) atoms. The summed E-state index contributed by atoms with van der Waals surface area (Å²) in [4.78, 5) is 59.0. The average molecular weight is 631 g/mol. The Labute approximate surface area is 270 Å². The molecule has 12 heteroatoms. The Hall–Kier alpha value is -4.06. The molecule has 12 nitrogen and oxygen atoms in total. The van der Waals surface area contributed by atoms with Gasteiger partial charge in [-0.05, 0) is 78.0 Å². The van der Waals surface area contributed by atoms with Crippen molar-refractivity contribution in [2.45, 2.75) is 90.8 Å². The van der Waals surface area contributed by atoms with Gasteiger partial charge in [0.05, 0.1) is 17.4 Å². The Morgan fingerprint density at radius 2 is 1.61 bits per heavy atom. The number of piperazine rings is 1. The zero-order chi connectivity index (χ0) is 32.6. The summed E-state index contributed by atoms with van der Waals surface area (Å²) in [7, 11) is 0. The molecule has 0 aromatic carbocycles. The lowest BCUT2D eigenvalue weighted by Gasteiger charge is -2.43. The second-order valence-corrected chi connectivity index (χ2v) is 13.8. The zero-order valence-electron chi connectivity index (χ0n) is 27.7. The van der Waals surface area contributed by atoms with E-state index in [1.54, 1.807) is 17.7 Å². The van der Waals surface area contributed by atoms with Crippen LogP contribution in [0.15, 0.2) is 29.3 Å². The number of anilines is 3. The summed E-state index contributed by atoms with van der Waals surface area (Å²) in [6.45, 7) is 14.2. The number of amides is 1. The van der Waals surface area contributed by atoms with E-state index in [9.17, 15) is 14.4 Å². The van der Waals surface area contributed by atoms with Gasteiger partial charge in [-0.2, -0.15) is 4.98 Å². The van der Waals surface area contributed by atoms with Gasteiger partial charge in [0, 0.05) is 62.9 Å². The first-order valence-corrected chi connectivity index (χ1v) is 16.6. The van der Waals surface area contributed by atoms with Crippen molar-refractivity contribution in [3.63, 3.8) is 0 Å². The van der Waals surface area contributed by atoms with Crippen molar-refractivity contribution >= 4 is 40.4 Å². The van der Waals surface area contributed by atoms with Crippen molar-refractivity contribution in [3.8, 4) is 0 Å². The van der Waals surface area contributed by atoms with E-state index in [0.717, 1.165) is 88.9 Å². The maximum atomic E-state index is 13.5. The highest BCUT2D eigenvalue weighted by molar-refractivity contribution is 5.99. The lowest BCUT2D eigenvalue weighted by Crippen LogP contribution is -2.54. The minimum Gasteiger partial charge on any atom is -0.444 e. The average Bonchev–Trinajstić information content (AvgIpc) is 3.55. The number of aromatic nitrogens is 4. The molecule has 2 aliphatic heterocycles. The summed E-state index contributed by atoms with van der Waals surface area (Å²) in [6.07, 6.45) is 9.19. The van der Waals surface area contributed by atoms with Crippen molar-refractivity contribution in [3.05, 3.63) is 46.0 Å². The maximum Gasteiger partial charge on any atom is 0.410 e. The minimum atomic E-state index is -0.472. The van der Waals surface area contributed by atoms with E-state index in [1.807, 2.05) is 37.9 Å². The van der Waals surface area contributed by atoms with Gasteiger partial charge < -0.3 is 19.9 Å². The van der Waals surface area contributed by atoms with Gasteiger partial charge in [0.2, 0.25) is 5.95 Å². The second-order valence-electron chi connectivity index (χ2n) is 13.8. The van der Waals surface area contributed by atoms with Gasteiger partial charge in [-0.15, -0.1) is 0 Å². The molecular weight excluding hydrogens is 584 g/mol. The van der Waals surface area contributed by atoms with Crippen LogP contribution in [0.1, 0.15) is 88.2 Å². The third kappa shape index (κ3) is 6.72. The van der Waals surface area contributed by atoms with Gasteiger partial charge in [-0.3, -0.25) is 19.1 Å². The molecule has 3 aromatic heterocycles. The quantitative estimate of drug-likeness (QED) is 0.369. The molecule has 6 rings (SSSR count). The molecule has 3 fully saturated rings. The summed E-state index contributed by atoms with van der Waals surface area (Å²) in [5.74, 6) is 0.746. The van der Waals surface area contributed by atoms with Crippen LogP contribution < -0.4 is 15.8 Å². The number of pyridine rings is 2. The molecular formula is C34H46N8O4. The fraction of sp³-hybridized carbons (Fsp3) is 0.588. The Balaban J connectivity index is 1.08.